The van der Waals surface area contributed by atoms with E-state index in [1.165, 1.54) is 11.0 Å². The summed E-state index contributed by atoms with van der Waals surface area (Å²) in [5.41, 5.74) is 0. The van der Waals surface area contributed by atoms with E-state index in [0.717, 1.165) is 4.88 Å². The Morgan fingerprint density at radius 2 is 2.35 bits per heavy atom. The molecule has 1 aromatic rings. The number of hydrogen-bond donors (Lipinski definition) is 0. The van der Waals surface area contributed by atoms with Crippen LogP contribution >= 0.6 is 11.3 Å². The summed E-state index contributed by atoms with van der Waals surface area (Å²) in [4.78, 5) is 27.4. The molecule has 1 aliphatic heterocycles. The molecule has 0 aromatic carbocycles. The van der Waals surface area contributed by atoms with E-state index in [1.54, 1.807) is 29.4 Å². The van der Waals surface area contributed by atoms with Gasteiger partial charge in [-0.2, -0.15) is 0 Å². The molecule has 17 heavy (non-hydrogen) atoms. The monoisotopic (exact) mass is 250 g/mol. The van der Waals surface area contributed by atoms with Gasteiger partial charge >= 0.3 is 6.03 Å². The molecule has 0 unspecified atom stereocenters. The molecule has 0 saturated carbocycles. The lowest BCUT2D eigenvalue weighted by atomic mass is 10.3. The topological polar surface area (TPSA) is 40.6 Å². The zero-order valence-electron chi connectivity index (χ0n) is 9.79. The molecule has 1 fully saturated rings. The predicted octanol–water partition coefficient (Wildman–Crippen LogP) is 2.04. The maximum atomic E-state index is 11.8. The Morgan fingerprint density at radius 1 is 1.59 bits per heavy atom. The van der Waals surface area contributed by atoms with Crippen molar-refractivity contribution < 1.29 is 9.59 Å². The minimum Gasteiger partial charge on any atom is -0.323 e. The summed E-state index contributed by atoms with van der Waals surface area (Å²) in [5, 5.41) is 1.95. The van der Waals surface area contributed by atoms with Gasteiger partial charge in [0.05, 0.1) is 6.54 Å². The van der Waals surface area contributed by atoms with Crippen LogP contribution in [0.1, 0.15) is 11.8 Å². The smallest absolute Gasteiger partial charge is 0.323 e. The van der Waals surface area contributed by atoms with Gasteiger partial charge in [0.25, 0.3) is 5.91 Å². The lowest BCUT2D eigenvalue weighted by Crippen LogP contribution is -2.33. The Bertz CT molecular complexity index is 453. The van der Waals surface area contributed by atoms with Crippen molar-refractivity contribution in [1.82, 2.24) is 9.80 Å². The second-order valence-corrected chi connectivity index (χ2v) is 5.02. The van der Waals surface area contributed by atoms with Crippen molar-refractivity contribution in [2.24, 2.45) is 0 Å². The van der Waals surface area contributed by atoms with Crippen LogP contribution < -0.4 is 0 Å². The van der Waals surface area contributed by atoms with Crippen molar-refractivity contribution in [3.05, 3.63) is 28.5 Å². The van der Waals surface area contributed by atoms with Crippen LogP contribution in [0, 0.1) is 0 Å². The number of thiophene rings is 1. The molecule has 1 saturated heterocycles. The number of carbonyl (C=O) groups is 2. The Labute approximate surface area is 104 Å². The first-order valence-electron chi connectivity index (χ1n) is 5.39. The number of rotatable bonds is 2. The summed E-state index contributed by atoms with van der Waals surface area (Å²) in [6.45, 7) is 2.39. The molecule has 0 spiro atoms. The molecular weight excluding hydrogens is 236 g/mol. The highest BCUT2D eigenvalue weighted by atomic mass is 32.1. The summed E-state index contributed by atoms with van der Waals surface area (Å²) in [5.74, 6) is -0.250. The number of carbonyl (C=O) groups excluding carboxylic acids is 2. The molecule has 0 aliphatic carbocycles. The number of amides is 3. The van der Waals surface area contributed by atoms with Gasteiger partial charge in [-0.1, -0.05) is 6.07 Å². The van der Waals surface area contributed by atoms with E-state index in [1.807, 2.05) is 24.4 Å². The minimum atomic E-state index is -0.250. The number of urea groups is 1. The maximum absolute atomic E-state index is 11.8. The molecule has 4 nitrogen and oxygen atoms in total. The van der Waals surface area contributed by atoms with E-state index in [2.05, 4.69) is 0 Å². The minimum absolute atomic E-state index is 0.0848. The van der Waals surface area contributed by atoms with Crippen LogP contribution in [-0.4, -0.2) is 41.4 Å². The van der Waals surface area contributed by atoms with Crippen LogP contribution in [0.2, 0.25) is 0 Å². The van der Waals surface area contributed by atoms with Crippen molar-refractivity contribution in [2.75, 3.05) is 13.6 Å². The number of likely N-dealkylation sites (N-methyl/N-ethyl adjacent to an activating group) is 1. The third kappa shape index (κ3) is 2.39. The van der Waals surface area contributed by atoms with E-state index >= 15 is 0 Å². The first-order chi connectivity index (χ1) is 8.09. The average Bonchev–Trinajstić information content (AvgIpc) is 2.91. The predicted molar refractivity (Wildman–Crippen MR) is 67.7 cm³/mol. The quantitative estimate of drug-likeness (QED) is 0.754. The fourth-order valence-corrected chi connectivity index (χ4v) is 2.28. The van der Waals surface area contributed by atoms with Crippen LogP contribution in [0.5, 0.6) is 0 Å². The SMILES string of the molecule is C[C@@H]1CN(C(=O)/C=C/c2cccs2)C(=O)N1C. The molecule has 0 radical (unpaired) electrons. The van der Waals surface area contributed by atoms with E-state index in [4.69, 9.17) is 0 Å². The fraction of sp³-hybridized carbons (Fsp3) is 0.333. The van der Waals surface area contributed by atoms with Crippen molar-refractivity contribution in [3.63, 3.8) is 0 Å². The molecule has 2 rings (SSSR count). The number of nitrogens with zero attached hydrogens (tertiary/aromatic N) is 2. The summed E-state index contributed by atoms with van der Waals surface area (Å²) in [6.07, 6.45) is 3.19. The third-order valence-corrected chi connectivity index (χ3v) is 3.68. The van der Waals surface area contributed by atoms with Crippen molar-refractivity contribution in [1.29, 1.82) is 0 Å². The highest BCUT2D eigenvalue weighted by Crippen LogP contribution is 2.15. The Kier molecular flexibility index (Phi) is 3.28. The largest absolute Gasteiger partial charge is 0.327 e. The normalized spacial score (nSPS) is 20.6. The second-order valence-electron chi connectivity index (χ2n) is 4.04. The van der Waals surface area contributed by atoms with E-state index in [0.29, 0.717) is 6.54 Å². The molecule has 0 N–H and O–H groups in total. The van der Waals surface area contributed by atoms with Gasteiger partial charge in [-0.25, -0.2) is 4.79 Å². The van der Waals surface area contributed by atoms with Crippen LogP contribution in [-0.2, 0) is 4.79 Å². The molecule has 5 heteroatoms. The van der Waals surface area contributed by atoms with Gasteiger partial charge in [-0.05, 0) is 24.4 Å². The summed E-state index contributed by atoms with van der Waals surface area (Å²) < 4.78 is 0. The zero-order valence-corrected chi connectivity index (χ0v) is 10.6. The molecule has 1 aliphatic rings. The Hall–Kier alpha value is -1.62. The number of imide groups is 1. The molecule has 1 atom stereocenters. The summed E-state index contributed by atoms with van der Waals surface area (Å²) in [6, 6.07) is 3.71. The van der Waals surface area contributed by atoms with E-state index in [-0.39, 0.29) is 18.0 Å². The zero-order chi connectivity index (χ0) is 12.4. The second kappa shape index (κ2) is 4.71. The van der Waals surface area contributed by atoms with Crippen LogP contribution in [0.3, 0.4) is 0 Å². The van der Waals surface area contributed by atoms with Gasteiger partial charge in [0.15, 0.2) is 0 Å². The summed E-state index contributed by atoms with van der Waals surface area (Å²) >= 11 is 1.56. The van der Waals surface area contributed by atoms with Gasteiger partial charge in [0.1, 0.15) is 0 Å². The number of hydrogen-bond acceptors (Lipinski definition) is 3. The van der Waals surface area contributed by atoms with Crippen LogP contribution in [0.25, 0.3) is 6.08 Å². The first kappa shape index (κ1) is 11.9. The Balaban J connectivity index is 2.04. The Morgan fingerprint density at radius 3 is 2.88 bits per heavy atom. The lowest BCUT2D eigenvalue weighted by Gasteiger charge is -2.12. The van der Waals surface area contributed by atoms with Crippen molar-refractivity contribution in [2.45, 2.75) is 13.0 Å². The molecule has 2 heterocycles. The van der Waals surface area contributed by atoms with Gasteiger partial charge < -0.3 is 4.90 Å². The van der Waals surface area contributed by atoms with Crippen molar-refractivity contribution in [3.8, 4) is 0 Å². The van der Waals surface area contributed by atoms with E-state index in [9.17, 15) is 9.59 Å². The first-order valence-corrected chi connectivity index (χ1v) is 6.27. The van der Waals surface area contributed by atoms with Gasteiger partial charge in [0, 0.05) is 24.0 Å². The standard InChI is InChI=1S/C12H14N2O2S/c1-9-8-14(12(16)13(9)2)11(15)6-5-10-4-3-7-17-10/h3-7,9H,8H2,1-2H3/b6-5+/t9-/m1/s1. The van der Waals surface area contributed by atoms with Gasteiger partial charge in [-0.3, -0.25) is 9.69 Å². The van der Waals surface area contributed by atoms with Gasteiger partial charge in [-0.15, -0.1) is 11.3 Å². The maximum Gasteiger partial charge on any atom is 0.327 e. The van der Waals surface area contributed by atoms with Crippen LogP contribution in [0.4, 0.5) is 4.79 Å². The lowest BCUT2D eigenvalue weighted by molar-refractivity contribution is -0.122. The third-order valence-electron chi connectivity index (χ3n) is 2.84. The molecule has 0 bridgehead atoms. The molecular formula is C12H14N2O2S. The molecule has 3 amide bonds. The van der Waals surface area contributed by atoms with Gasteiger partial charge in [0.2, 0.25) is 0 Å². The molecule has 1 aromatic heterocycles. The molecule has 90 valence electrons. The highest BCUT2D eigenvalue weighted by molar-refractivity contribution is 7.10. The summed E-state index contributed by atoms with van der Waals surface area (Å²) in [7, 11) is 1.71. The fourth-order valence-electron chi connectivity index (χ4n) is 1.66. The highest BCUT2D eigenvalue weighted by Gasteiger charge is 2.34. The van der Waals surface area contributed by atoms with Crippen molar-refractivity contribution >= 4 is 29.4 Å². The van der Waals surface area contributed by atoms with E-state index < -0.39 is 0 Å². The average molecular weight is 250 g/mol. The van der Waals surface area contributed by atoms with Crippen LogP contribution in [0.15, 0.2) is 23.6 Å².